The molecule has 2 aliphatic rings. The van der Waals surface area contributed by atoms with Crippen molar-refractivity contribution in [1.82, 2.24) is 15.2 Å². The molecule has 2 aromatic rings. The number of nitrogens with one attached hydrogen (secondary N) is 1. The van der Waals surface area contributed by atoms with Crippen molar-refractivity contribution >= 4 is 29.4 Å². The number of carbonyl (C=O) groups excluding carboxylic acids is 1. The molecule has 2 atom stereocenters. The summed E-state index contributed by atoms with van der Waals surface area (Å²) in [5.74, 6) is -4.69. The lowest BCUT2D eigenvalue weighted by Crippen LogP contribution is -2.52. The molecule has 1 fully saturated rings. The van der Waals surface area contributed by atoms with Crippen LogP contribution < -0.4 is 5.32 Å². The highest BCUT2D eigenvalue weighted by atomic mass is 35.5. The normalized spacial score (nSPS) is 20.5. The van der Waals surface area contributed by atoms with Gasteiger partial charge in [-0.3, -0.25) is 14.7 Å². The van der Waals surface area contributed by atoms with Crippen LogP contribution >= 0.6 is 11.6 Å². The molecule has 0 saturated carbocycles. The molecule has 0 radical (unpaired) electrons. The van der Waals surface area contributed by atoms with Crippen molar-refractivity contribution in [2.24, 2.45) is 4.99 Å². The summed E-state index contributed by atoms with van der Waals surface area (Å²) in [5, 5.41) is 12.4. The molecule has 0 aliphatic carbocycles. The van der Waals surface area contributed by atoms with Crippen molar-refractivity contribution in [3.8, 4) is 0 Å². The highest BCUT2D eigenvalue weighted by molar-refractivity contribution is 6.31. The van der Waals surface area contributed by atoms with E-state index in [2.05, 4.69) is 15.3 Å². The zero-order valence-electron chi connectivity index (χ0n) is 18.8. The molecule has 1 aromatic carbocycles. The summed E-state index contributed by atoms with van der Waals surface area (Å²) in [7, 11) is 1.14. The van der Waals surface area contributed by atoms with Gasteiger partial charge in [-0.15, -0.1) is 0 Å². The van der Waals surface area contributed by atoms with Gasteiger partial charge in [0.25, 0.3) is 0 Å². The zero-order chi connectivity index (χ0) is 26.0. The van der Waals surface area contributed by atoms with Crippen LogP contribution in [-0.4, -0.2) is 72.2 Å². The van der Waals surface area contributed by atoms with E-state index in [4.69, 9.17) is 21.1 Å². The Morgan fingerprint density at radius 3 is 2.72 bits per heavy atom. The lowest BCUT2D eigenvalue weighted by molar-refractivity contribution is -0.149. The first-order valence-corrected chi connectivity index (χ1v) is 11.0. The number of rotatable bonds is 6. The molecule has 1 saturated heterocycles. The first kappa shape index (κ1) is 25.6. The van der Waals surface area contributed by atoms with Gasteiger partial charge in [-0.2, -0.15) is 0 Å². The van der Waals surface area contributed by atoms with Crippen LogP contribution in [0.3, 0.4) is 0 Å². The number of esters is 1. The van der Waals surface area contributed by atoms with Crippen LogP contribution in [0.5, 0.6) is 0 Å². The third kappa shape index (κ3) is 5.20. The van der Waals surface area contributed by atoms with Crippen molar-refractivity contribution in [3.05, 3.63) is 75.5 Å². The number of ether oxygens (including phenoxy) is 2. The van der Waals surface area contributed by atoms with Gasteiger partial charge < -0.3 is 19.9 Å². The van der Waals surface area contributed by atoms with Gasteiger partial charge in [0.2, 0.25) is 0 Å². The topological polar surface area (TPSA) is 113 Å². The van der Waals surface area contributed by atoms with Gasteiger partial charge in [-0.05, 0) is 12.1 Å². The van der Waals surface area contributed by atoms with Gasteiger partial charge in [0, 0.05) is 35.4 Å². The molecule has 0 spiro atoms. The Kier molecular flexibility index (Phi) is 7.57. The lowest BCUT2D eigenvalue weighted by atomic mass is 9.94. The number of hydrogen-bond donors (Lipinski definition) is 2. The average Bonchev–Trinajstić information content (AvgIpc) is 2.83. The summed E-state index contributed by atoms with van der Waals surface area (Å²) in [6, 6.07) is 1.86. The molecule has 13 heteroatoms. The van der Waals surface area contributed by atoms with E-state index < -0.39 is 41.5 Å². The summed E-state index contributed by atoms with van der Waals surface area (Å²) < 4.78 is 52.2. The quantitative estimate of drug-likeness (QED) is 0.554. The molecule has 1 aromatic heterocycles. The van der Waals surface area contributed by atoms with Gasteiger partial charge >= 0.3 is 11.9 Å². The summed E-state index contributed by atoms with van der Waals surface area (Å²) in [6.45, 7) is 0.252. The van der Waals surface area contributed by atoms with Gasteiger partial charge in [0.15, 0.2) is 11.7 Å². The minimum Gasteiger partial charge on any atom is -0.480 e. The highest BCUT2D eigenvalue weighted by Crippen LogP contribution is 2.37. The Labute approximate surface area is 208 Å². The minimum atomic E-state index is -1.20. The molecule has 4 rings (SSSR count). The SMILES string of the molecule is COC(=O)C1=C(CN2CCOC[C@H]2C(=O)O)NC(c2ncc(F)cc2F)=N[C@H]1c1ccc(F)cc1Cl. The van der Waals surface area contributed by atoms with E-state index in [1.165, 1.54) is 6.07 Å². The second-order valence-corrected chi connectivity index (χ2v) is 8.35. The third-order valence-electron chi connectivity index (χ3n) is 5.71. The fraction of sp³-hybridized carbons (Fsp3) is 0.304. The van der Waals surface area contributed by atoms with Crippen molar-refractivity contribution in [2.45, 2.75) is 12.1 Å². The Morgan fingerprint density at radius 2 is 2.06 bits per heavy atom. The van der Waals surface area contributed by atoms with Gasteiger partial charge in [-0.25, -0.2) is 22.9 Å². The Bertz CT molecular complexity index is 1270. The third-order valence-corrected chi connectivity index (χ3v) is 6.03. The van der Waals surface area contributed by atoms with Crippen molar-refractivity contribution in [1.29, 1.82) is 0 Å². The van der Waals surface area contributed by atoms with E-state index >= 15 is 0 Å². The number of benzene rings is 1. The van der Waals surface area contributed by atoms with Crippen LogP contribution in [0.25, 0.3) is 0 Å². The number of carboxylic acid groups (broad SMARTS) is 1. The number of halogens is 4. The van der Waals surface area contributed by atoms with Crippen LogP contribution in [0, 0.1) is 17.5 Å². The highest BCUT2D eigenvalue weighted by Gasteiger charge is 2.37. The Balaban J connectivity index is 1.87. The van der Waals surface area contributed by atoms with Crippen LogP contribution in [0.2, 0.25) is 5.02 Å². The minimum absolute atomic E-state index is 0.0482. The largest absolute Gasteiger partial charge is 0.480 e. The molecule has 2 aliphatic heterocycles. The molecule has 0 bridgehead atoms. The number of carbonyl (C=O) groups is 2. The predicted octanol–water partition coefficient (Wildman–Crippen LogP) is 2.46. The summed E-state index contributed by atoms with van der Waals surface area (Å²) in [6.07, 6.45) is 0.796. The molecular formula is C23H20ClF3N4O5. The number of amidine groups is 1. The smallest absolute Gasteiger partial charge is 0.338 e. The number of morpholine rings is 1. The Hall–Kier alpha value is -3.48. The van der Waals surface area contributed by atoms with Gasteiger partial charge in [-0.1, -0.05) is 17.7 Å². The zero-order valence-corrected chi connectivity index (χ0v) is 19.6. The number of nitrogens with zero attached hydrogens (tertiary/aromatic N) is 3. The second-order valence-electron chi connectivity index (χ2n) is 7.94. The summed E-state index contributed by atoms with van der Waals surface area (Å²) >= 11 is 6.28. The standard InChI is InChI=1S/C23H20ClF3N4O5/c1-35-23(34)18-16(9-31-4-5-36-10-17(31)22(32)33)29-21(20-15(27)7-12(26)8-28-20)30-19(18)13-3-2-11(25)6-14(13)24/h2-3,6-8,17,19H,4-5,9-10H2,1H3,(H,29,30)(H,32,33)/t17-,19-/m0/s1. The van der Waals surface area contributed by atoms with Crippen LogP contribution in [-0.2, 0) is 19.1 Å². The number of aromatic nitrogens is 1. The maximum atomic E-state index is 14.7. The van der Waals surface area contributed by atoms with Crippen LogP contribution in [0.15, 0.2) is 46.7 Å². The number of hydrogen-bond acceptors (Lipinski definition) is 8. The van der Waals surface area contributed by atoms with Crippen LogP contribution in [0.1, 0.15) is 17.3 Å². The molecular weight excluding hydrogens is 505 g/mol. The van der Waals surface area contributed by atoms with Crippen molar-refractivity contribution < 1.29 is 37.3 Å². The first-order chi connectivity index (χ1) is 17.2. The number of carboxylic acids is 1. The van der Waals surface area contributed by atoms with Crippen molar-refractivity contribution in [2.75, 3.05) is 33.4 Å². The molecule has 36 heavy (non-hydrogen) atoms. The van der Waals surface area contributed by atoms with E-state index in [1.54, 1.807) is 4.90 Å². The number of methoxy groups -OCH3 is 1. The van der Waals surface area contributed by atoms with E-state index in [0.717, 1.165) is 25.4 Å². The molecule has 0 unspecified atom stereocenters. The predicted molar refractivity (Wildman–Crippen MR) is 121 cm³/mol. The number of pyridine rings is 1. The van der Waals surface area contributed by atoms with E-state index in [9.17, 15) is 27.9 Å². The van der Waals surface area contributed by atoms with E-state index in [0.29, 0.717) is 6.07 Å². The maximum Gasteiger partial charge on any atom is 0.338 e. The maximum absolute atomic E-state index is 14.7. The molecule has 3 heterocycles. The lowest BCUT2D eigenvalue weighted by Gasteiger charge is -2.35. The summed E-state index contributed by atoms with van der Waals surface area (Å²) in [4.78, 5) is 34.5. The molecule has 2 N–H and O–H groups in total. The fourth-order valence-electron chi connectivity index (χ4n) is 3.99. The molecule has 190 valence electrons. The van der Waals surface area contributed by atoms with E-state index in [-0.39, 0.29) is 59.7 Å². The van der Waals surface area contributed by atoms with Crippen LogP contribution in [0.4, 0.5) is 13.2 Å². The second kappa shape index (κ2) is 10.6. The number of aliphatic carboxylic acids is 1. The van der Waals surface area contributed by atoms with Gasteiger partial charge in [0.1, 0.15) is 29.4 Å². The number of aliphatic imine (C=N–C) groups is 1. The molecule has 9 nitrogen and oxygen atoms in total. The Morgan fingerprint density at radius 1 is 1.28 bits per heavy atom. The molecule has 0 amide bonds. The monoisotopic (exact) mass is 524 g/mol. The fourth-order valence-corrected chi connectivity index (χ4v) is 4.26. The first-order valence-electron chi connectivity index (χ1n) is 10.7. The van der Waals surface area contributed by atoms with Crippen molar-refractivity contribution in [3.63, 3.8) is 0 Å². The average molecular weight is 525 g/mol. The van der Waals surface area contributed by atoms with E-state index in [1.807, 2.05) is 0 Å². The summed E-state index contributed by atoms with van der Waals surface area (Å²) in [5.41, 5.74) is -0.0594. The van der Waals surface area contributed by atoms with Gasteiger partial charge in [0.05, 0.1) is 32.1 Å².